The molecule has 192 valence electrons. The maximum absolute atomic E-state index is 14.7. The summed E-state index contributed by atoms with van der Waals surface area (Å²) in [7, 11) is -14.0. The molecular weight excluding hydrogens is 556 g/mol. The third-order valence-electron chi connectivity index (χ3n) is 5.25. The summed E-state index contributed by atoms with van der Waals surface area (Å²) in [6, 6.07) is 10.7. The van der Waals surface area contributed by atoms with Gasteiger partial charge in [0.2, 0.25) is 29.5 Å². The van der Waals surface area contributed by atoms with Crippen LogP contribution in [0.2, 0.25) is 0 Å². The fraction of sp³-hybridized carbons (Fsp3) is 0. The van der Waals surface area contributed by atoms with Gasteiger partial charge in [-0.05, 0) is 84.9 Å². The third-order valence-corrected chi connectivity index (χ3v) is 10.6. The maximum atomic E-state index is 14.7. The van der Waals surface area contributed by atoms with Gasteiger partial charge in [0.05, 0.1) is 19.6 Å². The van der Waals surface area contributed by atoms with Crippen molar-refractivity contribution in [3.05, 3.63) is 108 Å². The number of halogens is 4. The number of benzene rings is 4. The van der Waals surface area contributed by atoms with Crippen LogP contribution < -0.4 is 0 Å². The molecule has 0 spiro atoms. The van der Waals surface area contributed by atoms with Gasteiger partial charge in [0.1, 0.15) is 33.1 Å². The highest BCUT2D eigenvalue weighted by Gasteiger charge is 2.30. The third kappa shape index (κ3) is 4.89. The lowest BCUT2D eigenvalue weighted by Crippen LogP contribution is -2.11. The summed E-state index contributed by atoms with van der Waals surface area (Å²) in [5.41, 5.74) is 0. The standard InChI is InChI=1S/C24H14F4O6S3/c25-15-1-5-17(6-2-15)35(29,30)19-9-11-21(27)23(13-19)37(33,34)24-14-20(10-12-22(24)28)36(31,32)18-7-3-16(26)4-8-18/h1-14H. The van der Waals surface area contributed by atoms with Crippen LogP contribution in [0.4, 0.5) is 17.6 Å². The smallest absolute Gasteiger partial charge is 0.212 e. The van der Waals surface area contributed by atoms with Crippen molar-refractivity contribution >= 4 is 29.5 Å². The van der Waals surface area contributed by atoms with Gasteiger partial charge in [0, 0.05) is 0 Å². The SMILES string of the molecule is O=S(=O)(c1ccc(F)cc1)c1ccc(F)c(S(=O)(=O)c2cc(S(=O)(=O)c3ccc(F)cc3)ccc2F)c1. The van der Waals surface area contributed by atoms with E-state index in [1.54, 1.807) is 0 Å². The van der Waals surface area contributed by atoms with Gasteiger partial charge in [0.25, 0.3) is 0 Å². The summed E-state index contributed by atoms with van der Waals surface area (Å²) >= 11 is 0. The van der Waals surface area contributed by atoms with Crippen molar-refractivity contribution in [3.8, 4) is 0 Å². The van der Waals surface area contributed by atoms with Gasteiger partial charge in [-0.3, -0.25) is 0 Å². The van der Waals surface area contributed by atoms with E-state index in [1.165, 1.54) is 0 Å². The van der Waals surface area contributed by atoms with Crippen molar-refractivity contribution in [1.29, 1.82) is 0 Å². The fourth-order valence-electron chi connectivity index (χ4n) is 3.33. The molecule has 0 aliphatic heterocycles. The molecular formula is C24H14F4O6S3. The molecule has 0 bridgehead atoms. The molecule has 4 rings (SSSR count). The Morgan fingerprint density at radius 3 is 1.00 bits per heavy atom. The first-order chi connectivity index (χ1) is 17.2. The lowest BCUT2D eigenvalue weighted by molar-refractivity contribution is 0.549. The van der Waals surface area contributed by atoms with Gasteiger partial charge in [-0.1, -0.05) is 0 Å². The Hall–Kier alpha value is -3.55. The quantitative estimate of drug-likeness (QED) is 0.245. The minimum Gasteiger partial charge on any atom is -0.219 e. The Morgan fingerprint density at radius 1 is 0.378 bits per heavy atom. The van der Waals surface area contributed by atoms with Gasteiger partial charge in [0.15, 0.2) is 0 Å². The Kier molecular flexibility index (Phi) is 6.73. The van der Waals surface area contributed by atoms with Crippen molar-refractivity contribution < 1.29 is 42.8 Å². The number of sulfone groups is 3. The fourth-order valence-corrected chi connectivity index (χ4v) is 7.51. The molecule has 6 nitrogen and oxygen atoms in total. The monoisotopic (exact) mass is 570 g/mol. The van der Waals surface area contributed by atoms with Crippen molar-refractivity contribution in [3.63, 3.8) is 0 Å². The van der Waals surface area contributed by atoms with Crippen LogP contribution in [0.5, 0.6) is 0 Å². The first kappa shape index (κ1) is 26.5. The zero-order chi connectivity index (χ0) is 27.2. The maximum Gasteiger partial charge on any atom is 0.212 e. The normalized spacial score (nSPS) is 12.4. The molecule has 0 saturated carbocycles. The molecule has 0 amide bonds. The first-order valence-electron chi connectivity index (χ1n) is 10.1. The summed E-state index contributed by atoms with van der Waals surface area (Å²) in [6.07, 6.45) is 0. The Morgan fingerprint density at radius 2 is 0.676 bits per heavy atom. The number of rotatable bonds is 6. The van der Waals surface area contributed by atoms with Gasteiger partial charge in [-0.2, -0.15) is 0 Å². The average molecular weight is 571 g/mol. The van der Waals surface area contributed by atoms with Crippen molar-refractivity contribution in [1.82, 2.24) is 0 Å². The second-order valence-electron chi connectivity index (χ2n) is 7.60. The van der Waals surface area contributed by atoms with Gasteiger partial charge < -0.3 is 0 Å². The summed E-state index contributed by atoms with van der Waals surface area (Å²) in [5.74, 6) is -4.31. The minimum absolute atomic E-state index is 0.414. The van der Waals surface area contributed by atoms with E-state index in [4.69, 9.17) is 0 Å². The molecule has 0 saturated heterocycles. The van der Waals surface area contributed by atoms with E-state index in [-0.39, 0.29) is 0 Å². The van der Waals surface area contributed by atoms with Crippen molar-refractivity contribution in [2.75, 3.05) is 0 Å². The Bertz CT molecular complexity index is 1700. The Labute approximate surface area is 209 Å². The highest BCUT2D eigenvalue weighted by Crippen LogP contribution is 2.32. The second kappa shape index (κ2) is 9.39. The number of hydrogen-bond acceptors (Lipinski definition) is 6. The van der Waals surface area contributed by atoms with Crippen molar-refractivity contribution in [2.45, 2.75) is 29.4 Å². The van der Waals surface area contributed by atoms with Crippen molar-refractivity contribution in [2.24, 2.45) is 0 Å². The van der Waals surface area contributed by atoms with Gasteiger partial charge >= 0.3 is 0 Å². The highest BCUT2D eigenvalue weighted by molar-refractivity contribution is 7.92. The molecule has 37 heavy (non-hydrogen) atoms. The van der Waals surface area contributed by atoms with Crippen LogP contribution in [0.1, 0.15) is 0 Å². The molecule has 4 aromatic rings. The van der Waals surface area contributed by atoms with Crippen LogP contribution in [-0.4, -0.2) is 25.3 Å². The molecule has 0 radical (unpaired) electrons. The second-order valence-corrected chi connectivity index (χ2v) is 13.4. The molecule has 0 fully saturated rings. The van der Waals surface area contributed by atoms with Crippen LogP contribution in [0.3, 0.4) is 0 Å². The largest absolute Gasteiger partial charge is 0.219 e. The Balaban J connectivity index is 1.85. The van der Waals surface area contributed by atoms with Crippen LogP contribution in [0.15, 0.2) is 114 Å². The lowest BCUT2D eigenvalue weighted by atomic mass is 10.3. The highest BCUT2D eigenvalue weighted by atomic mass is 32.2. The van der Waals surface area contributed by atoms with Crippen LogP contribution in [0.25, 0.3) is 0 Å². The molecule has 0 N–H and O–H groups in total. The topological polar surface area (TPSA) is 102 Å². The summed E-state index contributed by atoms with van der Waals surface area (Å²) < 4.78 is 134. The molecule has 0 heterocycles. The first-order valence-corrected chi connectivity index (χ1v) is 14.5. The number of hydrogen-bond donors (Lipinski definition) is 0. The molecule has 4 aromatic carbocycles. The van der Waals surface area contributed by atoms with Crippen LogP contribution in [0, 0.1) is 23.3 Å². The minimum atomic E-state index is -5.14. The molecule has 0 atom stereocenters. The average Bonchev–Trinajstić information content (AvgIpc) is 2.84. The van der Waals surface area contributed by atoms with Gasteiger partial charge in [-0.25, -0.2) is 42.8 Å². The zero-order valence-electron chi connectivity index (χ0n) is 18.3. The lowest BCUT2D eigenvalue weighted by Gasteiger charge is -2.12. The van der Waals surface area contributed by atoms with E-state index in [1.807, 2.05) is 0 Å². The van der Waals surface area contributed by atoms with E-state index >= 15 is 0 Å². The predicted molar refractivity (Wildman–Crippen MR) is 122 cm³/mol. The molecule has 0 aliphatic rings. The van der Waals surface area contributed by atoms with E-state index in [9.17, 15) is 42.8 Å². The van der Waals surface area contributed by atoms with E-state index in [0.717, 1.165) is 60.7 Å². The van der Waals surface area contributed by atoms with Crippen LogP contribution in [-0.2, 0) is 29.5 Å². The zero-order valence-corrected chi connectivity index (χ0v) is 20.7. The summed E-state index contributed by atoms with van der Waals surface area (Å²) in [6.45, 7) is 0. The summed E-state index contributed by atoms with van der Waals surface area (Å²) in [5, 5.41) is 0. The summed E-state index contributed by atoms with van der Waals surface area (Å²) in [4.78, 5) is -4.66. The molecule has 13 heteroatoms. The van der Waals surface area contributed by atoms with Gasteiger partial charge in [-0.15, -0.1) is 0 Å². The molecule has 0 aromatic heterocycles. The predicted octanol–water partition coefficient (Wildman–Crippen LogP) is 4.74. The van der Waals surface area contributed by atoms with E-state index < -0.39 is 82.2 Å². The molecule has 0 unspecified atom stereocenters. The van der Waals surface area contributed by atoms with Crippen LogP contribution >= 0.6 is 0 Å². The van der Waals surface area contributed by atoms with E-state index in [0.29, 0.717) is 24.3 Å². The molecule has 0 aliphatic carbocycles. The van der Waals surface area contributed by atoms with E-state index in [2.05, 4.69) is 0 Å².